The molecule has 0 amide bonds. The van der Waals surface area contributed by atoms with Gasteiger partial charge >= 0.3 is 0 Å². The van der Waals surface area contributed by atoms with Crippen LogP contribution in [0.15, 0.2) is 30.7 Å². The molecule has 11 heavy (non-hydrogen) atoms. The highest BCUT2D eigenvalue weighted by atomic mass is 32.1. The van der Waals surface area contributed by atoms with E-state index in [1.54, 1.807) is 6.20 Å². The second-order valence-electron chi connectivity index (χ2n) is 1.96. The Bertz CT molecular complexity index is 317. The molecule has 0 unspecified atom stereocenters. The maximum absolute atomic E-state index is 4.13. The van der Waals surface area contributed by atoms with E-state index in [2.05, 4.69) is 14.3 Å². The smallest absolute Gasteiger partial charge is 0.162 e. The summed E-state index contributed by atoms with van der Waals surface area (Å²) < 4.78 is 3.89. The van der Waals surface area contributed by atoms with Gasteiger partial charge in [-0.25, -0.2) is 4.98 Å². The standard InChI is InChI=1S/C7H5N3S/c1-2-4-8-6(3-1)7-9-5-10-11-7/h1-5H. The van der Waals surface area contributed by atoms with E-state index in [-0.39, 0.29) is 0 Å². The van der Waals surface area contributed by atoms with Crippen molar-refractivity contribution in [3.63, 3.8) is 0 Å². The molecular weight excluding hydrogens is 158 g/mol. The number of aromatic nitrogens is 3. The molecule has 0 saturated heterocycles. The van der Waals surface area contributed by atoms with Crippen LogP contribution < -0.4 is 0 Å². The summed E-state index contributed by atoms with van der Waals surface area (Å²) >= 11 is 1.35. The van der Waals surface area contributed by atoms with Gasteiger partial charge in [0.2, 0.25) is 0 Å². The van der Waals surface area contributed by atoms with E-state index in [0.717, 1.165) is 10.7 Å². The average Bonchev–Trinajstić information content (AvgIpc) is 2.58. The molecule has 0 aliphatic rings. The topological polar surface area (TPSA) is 38.7 Å². The van der Waals surface area contributed by atoms with Gasteiger partial charge in [0.15, 0.2) is 5.01 Å². The van der Waals surface area contributed by atoms with Crippen molar-refractivity contribution in [1.82, 2.24) is 14.3 Å². The van der Waals surface area contributed by atoms with E-state index in [1.807, 2.05) is 18.2 Å². The summed E-state index contributed by atoms with van der Waals surface area (Å²) in [6.45, 7) is 0. The Labute approximate surface area is 67.9 Å². The van der Waals surface area contributed by atoms with Crippen LogP contribution in [0.5, 0.6) is 0 Å². The fraction of sp³-hybridized carbons (Fsp3) is 0. The summed E-state index contributed by atoms with van der Waals surface area (Å²) in [6, 6.07) is 5.73. The van der Waals surface area contributed by atoms with Crippen LogP contribution in [-0.2, 0) is 0 Å². The summed E-state index contributed by atoms with van der Waals surface area (Å²) in [4.78, 5) is 8.16. The van der Waals surface area contributed by atoms with Crippen LogP contribution in [0.4, 0.5) is 0 Å². The van der Waals surface area contributed by atoms with Crippen molar-refractivity contribution >= 4 is 11.5 Å². The van der Waals surface area contributed by atoms with Crippen molar-refractivity contribution in [2.75, 3.05) is 0 Å². The zero-order valence-electron chi connectivity index (χ0n) is 5.64. The first-order valence-corrected chi connectivity index (χ1v) is 3.92. The normalized spacial score (nSPS) is 9.82. The first-order valence-electron chi connectivity index (χ1n) is 3.15. The highest BCUT2D eigenvalue weighted by molar-refractivity contribution is 7.09. The van der Waals surface area contributed by atoms with Gasteiger partial charge in [-0.05, 0) is 23.7 Å². The monoisotopic (exact) mass is 163 g/mol. The molecule has 0 aliphatic heterocycles. The molecule has 0 N–H and O–H groups in total. The summed E-state index contributed by atoms with van der Waals surface area (Å²) in [6.07, 6.45) is 3.28. The Morgan fingerprint density at radius 3 is 2.82 bits per heavy atom. The van der Waals surface area contributed by atoms with Crippen LogP contribution in [0.1, 0.15) is 0 Å². The Morgan fingerprint density at radius 1 is 1.18 bits per heavy atom. The minimum atomic E-state index is 0.866. The molecule has 2 aromatic rings. The fourth-order valence-corrected chi connectivity index (χ4v) is 1.28. The van der Waals surface area contributed by atoms with E-state index in [9.17, 15) is 0 Å². The van der Waals surface area contributed by atoms with Gasteiger partial charge in [0.25, 0.3) is 0 Å². The first-order chi connectivity index (χ1) is 5.47. The maximum atomic E-state index is 4.13. The van der Waals surface area contributed by atoms with Gasteiger partial charge in [-0.3, -0.25) is 4.98 Å². The average molecular weight is 163 g/mol. The summed E-state index contributed by atoms with van der Waals surface area (Å²) in [5, 5.41) is 0.866. The molecule has 2 rings (SSSR count). The van der Waals surface area contributed by atoms with E-state index < -0.39 is 0 Å². The molecular formula is C7H5N3S. The quantitative estimate of drug-likeness (QED) is 0.641. The molecule has 2 aromatic heterocycles. The summed E-state index contributed by atoms with van der Waals surface area (Å²) in [7, 11) is 0. The Morgan fingerprint density at radius 2 is 2.18 bits per heavy atom. The minimum absolute atomic E-state index is 0.866. The van der Waals surface area contributed by atoms with Crippen molar-refractivity contribution in [2.45, 2.75) is 0 Å². The third-order valence-corrected chi connectivity index (χ3v) is 1.93. The van der Waals surface area contributed by atoms with E-state index >= 15 is 0 Å². The maximum Gasteiger partial charge on any atom is 0.162 e. The second-order valence-corrected chi connectivity index (χ2v) is 2.74. The Balaban J connectivity index is 2.46. The van der Waals surface area contributed by atoms with Gasteiger partial charge < -0.3 is 0 Å². The lowest BCUT2D eigenvalue weighted by Gasteiger charge is -1.89. The van der Waals surface area contributed by atoms with Gasteiger partial charge in [-0.15, -0.1) is 0 Å². The molecule has 0 bridgehead atoms. The van der Waals surface area contributed by atoms with Crippen LogP contribution >= 0.6 is 11.5 Å². The SMILES string of the molecule is c1ccc(-c2ncns2)nc1. The molecule has 0 aliphatic carbocycles. The van der Waals surface area contributed by atoms with Crippen molar-refractivity contribution in [2.24, 2.45) is 0 Å². The number of hydrogen-bond acceptors (Lipinski definition) is 4. The first kappa shape index (κ1) is 6.42. The van der Waals surface area contributed by atoms with E-state index in [1.165, 1.54) is 17.9 Å². The predicted octanol–water partition coefficient (Wildman–Crippen LogP) is 1.60. The Hall–Kier alpha value is -1.29. The molecule has 0 fully saturated rings. The van der Waals surface area contributed by atoms with Crippen LogP contribution in [0, 0.1) is 0 Å². The van der Waals surface area contributed by atoms with Crippen LogP contribution in [-0.4, -0.2) is 14.3 Å². The second kappa shape index (κ2) is 2.75. The number of pyridine rings is 1. The third kappa shape index (κ3) is 1.25. The summed E-state index contributed by atoms with van der Waals surface area (Å²) in [5.41, 5.74) is 0.884. The number of rotatable bonds is 1. The van der Waals surface area contributed by atoms with Crippen molar-refractivity contribution in [3.8, 4) is 10.7 Å². The Kier molecular flexibility index (Phi) is 1.61. The highest BCUT2D eigenvalue weighted by Gasteiger charge is 1.99. The molecule has 0 spiro atoms. The van der Waals surface area contributed by atoms with Gasteiger partial charge in [-0.2, -0.15) is 4.37 Å². The van der Waals surface area contributed by atoms with Gasteiger partial charge in [0.05, 0.1) is 0 Å². The molecule has 4 heteroatoms. The largest absolute Gasteiger partial charge is 0.254 e. The molecule has 3 nitrogen and oxygen atoms in total. The van der Waals surface area contributed by atoms with E-state index in [0.29, 0.717) is 0 Å². The lowest BCUT2D eigenvalue weighted by atomic mass is 10.4. The third-order valence-electron chi connectivity index (χ3n) is 1.25. The molecule has 0 radical (unpaired) electrons. The van der Waals surface area contributed by atoms with Gasteiger partial charge in [-0.1, -0.05) is 6.07 Å². The van der Waals surface area contributed by atoms with Crippen molar-refractivity contribution in [1.29, 1.82) is 0 Å². The molecule has 0 atom stereocenters. The van der Waals surface area contributed by atoms with E-state index in [4.69, 9.17) is 0 Å². The molecule has 54 valence electrons. The predicted molar refractivity (Wildman–Crippen MR) is 43.1 cm³/mol. The molecule has 2 heterocycles. The summed E-state index contributed by atoms with van der Waals surface area (Å²) in [5.74, 6) is 0. The number of nitrogens with zero attached hydrogens (tertiary/aromatic N) is 3. The fourth-order valence-electron chi connectivity index (χ4n) is 0.775. The van der Waals surface area contributed by atoms with Gasteiger partial charge in [0.1, 0.15) is 12.0 Å². The number of hydrogen-bond donors (Lipinski definition) is 0. The van der Waals surface area contributed by atoms with Crippen LogP contribution in [0.2, 0.25) is 0 Å². The van der Waals surface area contributed by atoms with Gasteiger partial charge in [0, 0.05) is 6.20 Å². The van der Waals surface area contributed by atoms with Crippen LogP contribution in [0.25, 0.3) is 10.7 Å². The lowest BCUT2D eigenvalue weighted by Crippen LogP contribution is -1.78. The highest BCUT2D eigenvalue weighted by Crippen LogP contribution is 2.15. The zero-order chi connectivity index (χ0) is 7.52. The minimum Gasteiger partial charge on any atom is -0.254 e. The zero-order valence-corrected chi connectivity index (χ0v) is 6.45. The van der Waals surface area contributed by atoms with Crippen molar-refractivity contribution < 1.29 is 0 Å². The lowest BCUT2D eigenvalue weighted by molar-refractivity contribution is 1.27. The molecule has 0 saturated carbocycles. The van der Waals surface area contributed by atoms with Crippen molar-refractivity contribution in [3.05, 3.63) is 30.7 Å². The molecule has 0 aromatic carbocycles. The van der Waals surface area contributed by atoms with Crippen LogP contribution in [0.3, 0.4) is 0 Å².